The summed E-state index contributed by atoms with van der Waals surface area (Å²) in [7, 11) is 3.24. The number of methoxy groups -OCH3 is 1. The average Bonchev–Trinajstić information content (AvgIpc) is 3.26. The Hall–Kier alpha value is -4.60. The van der Waals surface area contributed by atoms with Crippen molar-refractivity contribution in [1.82, 2.24) is 29.8 Å². The minimum atomic E-state index is -4.86. The predicted molar refractivity (Wildman–Crippen MR) is 158 cm³/mol. The second kappa shape index (κ2) is 12.4. The largest absolute Gasteiger partial charge is 0.475 e. The summed E-state index contributed by atoms with van der Waals surface area (Å²) in [5.41, 5.74) is 9.38. The van der Waals surface area contributed by atoms with Gasteiger partial charge in [0.15, 0.2) is 5.82 Å². The number of likely N-dealkylation sites (tertiary alicyclic amines) is 1. The summed E-state index contributed by atoms with van der Waals surface area (Å²) in [6.45, 7) is 4.88. The third-order valence-electron chi connectivity index (χ3n) is 7.62. The average molecular weight is 634 g/mol. The minimum Gasteiger partial charge on any atom is -0.475 e. The van der Waals surface area contributed by atoms with Gasteiger partial charge in [-0.1, -0.05) is 6.07 Å². The van der Waals surface area contributed by atoms with Gasteiger partial charge in [0, 0.05) is 30.4 Å². The maximum atomic E-state index is 16.1. The lowest BCUT2D eigenvalue weighted by molar-refractivity contribution is -0.137. The van der Waals surface area contributed by atoms with Gasteiger partial charge in [-0.05, 0) is 39.4 Å². The number of halogens is 5. The first-order chi connectivity index (χ1) is 21.3. The second-order valence-electron chi connectivity index (χ2n) is 10.7. The summed E-state index contributed by atoms with van der Waals surface area (Å²) in [6.07, 6.45) is -3.12. The molecule has 4 N–H and O–H groups in total. The van der Waals surface area contributed by atoms with Crippen molar-refractivity contribution in [2.24, 2.45) is 0 Å². The fraction of sp³-hybridized carbons (Fsp3) is 0.414. The molecule has 1 saturated heterocycles. The van der Waals surface area contributed by atoms with Gasteiger partial charge in [0.05, 0.1) is 31.0 Å². The first-order valence-electron chi connectivity index (χ1n) is 14.0. The van der Waals surface area contributed by atoms with Gasteiger partial charge in [-0.25, -0.2) is 23.7 Å². The van der Waals surface area contributed by atoms with Gasteiger partial charge in [0.2, 0.25) is 5.88 Å². The summed E-state index contributed by atoms with van der Waals surface area (Å²) < 4.78 is 81.4. The fourth-order valence-corrected chi connectivity index (χ4v) is 5.48. The number of anilines is 3. The Balaban J connectivity index is 0.000000505. The molecule has 0 amide bonds. The van der Waals surface area contributed by atoms with Crippen LogP contribution in [-0.4, -0.2) is 76.4 Å². The molecule has 6 heterocycles. The Kier molecular flexibility index (Phi) is 8.78. The van der Waals surface area contributed by atoms with Crippen LogP contribution in [0.3, 0.4) is 0 Å². The molecule has 0 bridgehead atoms. The molecule has 2 aliphatic rings. The van der Waals surface area contributed by atoms with E-state index in [9.17, 15) is 17.6 Å². The van der Waals surface area contributed by atoms with E-state index in [0.717, 1.165) is 26.0 Å². The van der Waals surface area contributed by atoms with Gasteiger partial charge < -0.3 is 30.7 Å². The van der Waals surface area contributed by atoms with Crippen LogP contribution in [0.2, 0.25) is 0 Å². The highest BCUT2D eigenvalue weighted by molar-refractivity contribution is 5.97. The molecule has 2 atom stereocenters. The number of rotatable bonds is 4. The zero-order valence-electron chi connectivity index (χ0n) is 25.0. The zero-order valence-corrected chi connectivity index (χ0v) is 25.0. The normalized spacial score (nSPS) is 17.4. The van der Waals surface area contributed by atoms with E-state index in [1.807, 2.05) is 18.9 Å². The van der Waals surface area contributed by atoms with Crippen LogP contribution >= 0.6 is 0 Å². The SMILES string of the molecule is CN1CCC(F)C1.COc1nc2c3c(nc(-c4cc(N)nc(C)c4C(F)(F)F)c(F)c3n1)OCCN2C(C)c1cccnc1N. The smallest absolute Gasteiger partial charge is 0.418 e. The molecule has 0 aliphatic carbocycles. The molecule has 2 aliphatic heterocycles. The summed E-state index contributed by atoms with van der Waals surface area (Å²) in [4.78, 5) is 24.4. The molecular formula is C29H32F5N9O2. The van der Waals surface area contributed by atoms with Crippen LogP contribution in [0, 0.1) is 12.7 Å². The van der Waals surface area contributed by atoms with Gasteiger partial charge in [-0.2, -0.15) is 23.1 Å². The Bertz CT molecular complexity index is 1710. The van der Waals surface area contributed by atoms with E-state index in [0.29, 0.717) is 17.9 Å². The van der Waals surface area contributed by atoms with Crippen molar-refractivity contribution in [2.45, 2.75) is 38.7 Å². The topological polar surface area (TPSA) is 141 Å². The number of pyridine rings is 3. The van der Waals surface area contributed by atoms with Crippen molar-refractivity contribution >= 4 is 28.4 Å². The second-order valence-corrected chi connectivity index (χ2v) is 10.7. The molecule has 0 radical (unpaired) electrons. The van der Waals surface area contributed by atoms with Crippen molar-refractivity contribution in [3.05, 3.63) is 47.0 Å². The monoisotopic (exact) mass is 633 g/mol. The number of nitrogens with two attached hydrogens (primary N) is 2. The van der Waals surface area contributed by atoms with Crippen molar-refractivity contribution in [1.29, 1.82) is 0 Å². The maximum absolute atomic E-state index is 16.1. The van der Waals surface area contributed by atoms with Crippen LogP contribution in [0.1, 0.15) is 36.2 Å². The first-order valence-corrected chi connectivity index (χ1v) is 14.0. The van der Waals surface area contributed by atoms with E-state index < -0.39 is 46.7 Å². The number of ether oxygens (including phenoxy) is 2. The Labute approximate surface area is 255 Å². The molecule has 0 spiro atoms. The summed E-state index contributed by atoms with van der Waals surface area (Å²) in [6, 6.07) is 3.86. The van der Waals surface area contributed by atoms with Crippen LogP contribution in [0.5, 0.6) is 11.9 Å². The number of nitrogens with zero attached hydrogens (tertiary/aromatic N) is 7. The molecule has 4 aromatic rings. The van der Waals surface area contributed by atoms with Crippen molar-refractivity contribution < 1.29 is 31.4 Å². The third-order valence-corrected chi connectivity index (χ3v) is 7.62. The van der Waals surface area contributed by atoms with Crippen LogP contribution in [0.15, 0.2) is 24.4 Å². The van der Waals surface area contributed by atoms with E-state index in [2.05, 4.69) is 24.9 Å². The van der Waals surface area contributed by atoms with Gasteiger partial charge in [0.1, 0.15) is 46.8 Å². The van der Waals surface area contributed by atoms with Gasteiger partial charge in [-0.15, -0.1) is 0 Å². The van der Waals surface area contributed by atoms with Crippen molar-refractivity contribution in [3.63, 3.8) is 0 Å². The molecule has 2 unspecified atom stereocenters. The van der Waals surface area contributed by atoms with Crippen molar-refractivity contribution in [3.8, 4) is 23.1 Å². The van der Waals surface area contributed by atoms with E-state index >= 15 is 4.39 Å². The minimum absolute atomic E-state index is 0.0556. The molecule has 11 nitrogen and oxygen atoms in total. The van der Waals surface area contributed by atoms with E-state index in [1.54, 1.807) is 23.2 Å². The molecule has 16 heteroatoms. The number of hydrogen-bond acceptors (Lipinski definition) is 11. The molecule has 6 rings (SSSR count). The highest BCUT2D eigenvalue weighted by Crippen LogP contribution is 2.45. The third kappa shape index (κ3) is 6.32. The lowest BCUT2D eigenvalue weighted by Gasteiger charge is -2.30. The Morgan fingerprint density at radius 2 is 1.89 bits per heavy atom. The molecule has 4 aromatic heterocycles. The highest BCUT2D eigenvalue weighted by atomic mass is 19.4. The van der Waals surface area contributed by atoms with Crippen molar-refractivity contribution in [2.75, 3.05) is 56.8 Å². The highest BCUT2D eigenvalue weighted by Gasteiger charge is 2.39. The summed E-state index contributed by atoms with van der Waals surface area (Å²) >= 11 is 0. The number of aromatic nitrogens is 5. The summed E-state index contributed by atoms with van der Waals surface area (Å²) in [5.74, 6) is -0.972. The Morgan fingerprint density at radius 3 is 2.49 bits per heavy atom. The molecule has 240 valence electrons. The Morgan fingerprint density at radius 1 is 1.13 bits per heavy atom. The first kappa shape index (κ1) is 31.8. The molecule has 0 saturated carbocycles. The standard InChI is InChI=1S/C24H22F4N8O2.C5H10FN/c1-10-16(24(26,27)28)13(9-14(29)32-10)18-17(25)19-15-21(35-23(34-19)37-3)36(7-8-38-22(15)33-18)11(2)12-5-4-6-31-20(12)30;1-7-3-2-5(6)4-7/h4-6,9,11H,7-8H2,1-3H3,(H2,29,32)(H2,30,31);5H,2-4H2,1H3. The van der Waals surface area contributed by atoms with Crippen LogP contribution < -0.4 is 25.8 Å². The molecular weight excluding hydrogens is 601 g/mol. The number of aryl methyl sites for hydroxylation is 1. The molecule has 45 heavy (non-hydrogen) atoms. The summed E-state index contributed by atoms with van der Waals surface area (Å²) in [5, 5.41) is 0.0752. The lowest BCUT2D eigenvalue weighted by Crippen LogP contribution is -2.31. The maximum Gasteiger partial charge on any atom is 0.418 e. The number of hydrogen-bond donors (Lipinski definition) is 2. The van der Waals surface area contributed by atoms with Crippen LogP contribution in [-0.2, 0) is 6.18 Å². The van der Waals surface area contributed by atoms with Crippen LogP contribution in [0.25, 0.3) is 22.2 Å². The lowest BCUT2D eigenvalue weighted by atomic mass is 10.0. The van der Waals surface area contributed by atoms with Gasteiger partial charge >= 0.3 is 12.2 Å². The molecule has 1 fully saturated rings. The quantitative estimate of drug-likeness (QED) is 0.301. The fourth-order valence-electron chi connectivity index (χ4n) is 5.48. The van der Waals surface area contributed by atoms with E-state index in [-0.39, 0.29) is 47.6 Å². The number of alkyl halides is 4. The van der Waals surface area contributed by atoms with E-state index in [4.69, 9.17) is 20.9 Å². The predicted octanol–water partition coefficient (Wildman–Crippen LogP) is 4.74. The van der Waals surface area contributed by atoms with E-state index in [1.165, 1.54) is 7.11 Å². The number of nitrogen functional groups attached to an aromatic ring is 2. The zero-order chi connectivity index (χ0) is 32.6. The van der Waals surface area contributed by atoms with Gasteiger partial charge in [-0.3, -0.25) is 0 Å². The van der Waals surface area contributed by atoms with Gasteiger partial charge in [0.25, 0.3) is 0 Å². The van der Waals surface area contributed by atoms with Crippen LogP contribution in [0.4, 0.5) is 39.4 Å². The molecule has 0 aromatic carbocycles.